The Labute approximate surface area is 215 Å². The second-order valence-electron chi connectivity index (χ2n) is 9.29. The van der Waals surface area contributed by atoms with Crippen molar-refractivity contribution in [3.05, 3.63) is 149 Å². The van der Waals surface area contributed by atoms with Gasteiger partial charge in [-0.25, -0.2) is 0 Å². The van der Waals surface area contributed by atoms with Crippen molar-refractivity contribution in [2.45, 2.75) is 39.5 Å². The molecule has 7 rings (SSSR count). The maximum atomic E-state index is 3.78. The molecule has 0 fully saturated rings. The van der Waals surface area contributed by atoms with Crippen molar-refractivity contribution < 1.29 is 0 Å². The smallest absolute Gasteiger partial charge is 0.0267 e. The van der Waals surface area contributed by atoms with Crippen LogP contribution in [0.15, 0.2) is 116 Å². The van der Waals surface area contributed by atoms with Crippen molar-refractivity contribution in [2.75, 3.05) is 0 Å². The summed E-state index contributed by atoms with van der Waals surface area (Å²) in [4.78, 5) is 3.78. The first-order chi connectivity index (χ1) is 17.8. The first-order valence-corrected chi connectivity index (χ1v) is 13.0. The summed E-state index contributed by atoms with van der Waals surface area (Å²) in [5, 5.41) is 0. The van der Waals surface area contributed by atoms with Gasteiger partial charge in [0, 0.05) is 12.4 Å². The summed E-state index contributed by atoms with van der Waals surface area (Å²) in [6.07, 6.45) is 8.01. The summed E-state index contributed by atoms with van der Waals surface area (Å²) in [7, 11) is 0. The topological polar surface area (TPSA) is 12.9 Å². The molecule has 5 aromatic rings. The van der Waals surface area contributed by atoms with E-state index in [2.05, 4.69) is 104 Å². The van der Waals surface area contributed by atoms with Gasteiger partial charge in [-0.1, -0.05) is 105 Å². The second kappa shape index (κ2) is 11.2. The Kier molecular flexibility index (Phi) is 7.38. The van der Waals surface area contributed by atoms with E-state index >= 15 is 0 Å². The summed E-state index contributed by atoms with van der Waals surface area (Å²) in [6, 6.07) is 36.6. The third kappa shape index (κ3) is 4.88. The molecule has 0 saturated heterocycles. The zero-order chi connectivity index (χ0) is 24.7. The lowest BCUT2D eigenvalue weighted by molar-refractivity contribution is 1.08. The van der Waals surface area contributed by atoms with Crippen LogP contribution in [0.1, 0.15) is 47.2 Å². The van der Waals surface area contributed by atoms with Crippen molar-refractivity contribution in [3.8, 4) is 22.3 Å². The molecule has 0 N–H and O–H groups in total. The molecule has 36 heavy (non-hydrogen) atoms. The molecule has 1 nitrogen and oxygen atoms in total. The Balaban J connectivity index is 0.000000121. The monoisotopic (exact) mass is 467 g/mol. The van der Waals surface area contributed by atoms with Crippen molar-refractivity contribution in [1.82, 2.24) is 4.98 Å². The lowest BCUT2D eigenvalue weighted by Crippen LogP contribution is -1.89. The zero-order valence-electron chi connectivity index (χ0n) is 21.2. The van der Waals surface area contributed by atoms with Gasteiger partial charge in [0.05, 0.1) is 0 Å². The van der Waals surface area contributed by atoms with Crippen LogP contribution in [0.3, 0.4) is 0 Å². The third-order valence-electron chi connectivity index (χ3n) is 7.22. The highest BCUT2D eigenvalue weighted by molar-refractivity contribution is 5.78. The molecule has 0 unspecified atom stereocenters. The number of aryl methyl sites for hydroxylation is 2. The van der Waals surface area contributed by atoms with Gasteiger partial charge in [-0.2, -0.15) is 0 Å². The van der Waals surface area contributed by atoms with Crippen LogP contribution in [0.2, 0.25) is 0 Å². The minimum absolute atomic E-state index is 1.12. The number of hydrogen-bond donors (Lipinski definition) is 0. The molecule has 0 amide bonds. The Morgan fingerprint density at radius 3 is 1.31 bits per heavy atom. The number of rotatable bonds is 2. The maximum Gasteiger partial charge on any atom is 0.0267 e. The van der Waals surface area contributed by atoms with E-state index in [1.54, 1.807) is 23.5 Å². The van der Waals surface area contributed by atoms with Crippen LogP contribution in [0.5, 0.6) is 0 Å². The normalized spacial score (nSPS) is 11.6. The van der Waals surface area contributed by atoms with E-state index < -0.39 is 0 Å². The molecule has 0 spiro atoms. The first kappa shape index (κ1) is 23.8. The van der Waals surface area contributed by atoms with Gasteiger partial charge in [0.15, 0.2) is 0 Å². The van der Waals surface area contributed by atoms with Gasteiger partial charge in [-0.3, -0.25) is 4.98 Å². The van der Waals surface area contributed by atoms with Crippen LogP contribution in [-0.4, -0.2) is 4.98 Å². The Hall–Kier alpha value is -3.97. The van der Waals surface area contributed by atoms with Crippen LogP contribution in [0.4, 0.5) is 0 Å². The molecular weight excluding hydrogens is 434 g/mol. The number of pyridine rings is 1. The number of aromatic nitrogens is 1. The Morgan fingerprint density at radius 1 is 0.472 bits per heavy atom. The minimum Gasteiger partial charge on any atom is -0.265 e. The fourth-order valence-corrected chi connectivity index (χ4v) is 5.42. The van der Waals surface area contributed by atoms with Gasteiger partial charge in [-0.15, -0.1) is 0 Å². The zero-order valence-corrected chi connectivity index (χ0v) is 21.2. The molecule has 2 aliphatic rings. The van der Waals surface area contributed by atoms with E-state index in [1.165, 1.54) is 44.5 Å². The van der Waals surface area contributed by atoms with Crippen LogP contribution in [0.25, 0.3) is 22.3 Å². The fourth-order valence-electron chi connectivity index (χ4n) is 5.42. The number of nitrogens with zero attached hydrogens (tertiary/aromatic N) is 1. The predicted molar refractivity (Wildman–Crippen MR) is 152 cm³/mol. The van der Waals surface area contributed by atoms with E-state index in [4.69, 9.17) is 0 Å². The van der Waals surface area contributed by atoms with E-state index in [0.717, 1.165) is 25.7 Å². The van der Waals surface area contributed by atoms with Gasteiger partial charge in [0.1, 0.15) is 0 Å². The number of fused-ring (bicyclic) bond motifs is 6. The molecule has 1 aromatic heterocycles. The lowest BCUT2D eigenvalue weighted by Gasteiger charge is -2.05. The van der Waals surface area contributed by atoms with Gasteiger partial charge >= 0.3 is 0 Å². The summed E-state index contributed by atoms with van der Waals surface area (Å²) < 4.78 is 0. The summed E-state index contributed by atoms with van der Waals surface area (Å²) >= 11 is 0. The van der Waals surface area contributed by atoms with E-state index in [9.17, 15) is 0 Å². The molecule has 1 heterocycles. The highest BCUT2D eigenvalue weighted by Crippen LogP contribution is 2.39. The SMILES string of the molecule is CCc1cccc2c1Cc1ccccc1-2.CCc1cccc2c1Cc1ccccc1-2.c1ccncc1. The summed E-state index contributed by atoms with van der Waals surface area (Å²) in [6.45, 7) is 4.47. The molecule has 1 heteroatoms. The molecule has 4 aromatic carbocycles. The van der Waals surface area contributed by atoms with Gasteiger partial charge < -0.3 is 0 Å². The Morgan fingerprint density at radius 2 is 0.917 bits per heavy atom. The van der Waals surface area contributed by atoms with Crippen LogP contribution in [-0.2, 0) is 25.7 Å². The van der Waals surface area contributed by atoms with Gasteiger partial charge in [0.2, 0.25) is 0 Å². The van der Waals surface area contributed by atoms with Gasteiger partial charge in [-0.05, 0) is 93.5 Å². The predicted octanol–water partition coefficient (Wildman–Crippen LogP) is 8.72. The maximum absolute atomic E-state index is 3.78. The lowest BCUT2D eigenvalue weighted by atomic mass is 10.00. The number of benzene rings is 4. The fraction of sp³-hybridized carbons (Fsp3) is 0.171. The van der Waals surface area contributed by atoms with Crippen molar-refractivity contribution >= 4 is 0 Å². The second-order valence-corrected chi connectivity index (χ2v) is 9.29. The van der Waals surface area contributed by atoms with Crippen molar-refractivity contribution in [1.29, 1.82) is 0 Å². The van der Waals surface area contributed by atoms with E-state index in [1.807, 2.05) is 18.2 Å². The molecule has 0 radical (unpaired) electrons. The quantitative estimate of drug-likeness (QED) is 0.248. The van der Waals surface area contributed by atoms with Crippen LogP contribution >= 0.6 is 0 Å². The molecular formula is C35H33N. The standard InChI is InChI=1S/2C15H14.C5H5N/c2*1-2-11-7-5-9-14-13-8-4-3-6-12(13)10-15(11)14;1-2-4-6-5-3-1/h2*3-9H,2,10H2,1H3;1-5H. The molecule has 0 aliphatic heterocycles. The molecule has 0 saturated carbocycles. The largest absolute Gasteiger partial charge is 0.265 e. The highest BCUT2D eigenvalue weighted by atomic mass is 14.6. The molecule has 0 atom stereocenters. The van der Waals surface area contributed by atoms with Crippen LogP contribution in [0, 0.1) is 0 Å². The minimum atomic E-state index is 1.12. The third-order valence-corrected chi connectivity index (χ3v) is 7.22. The highest BCUT2D eigenvalue weighted by Gasteiger charge is 2.20. The van der Waals surface area contributed by atoms with Crippen LogP contribution < -0.4 is 0 Å². The summed E-state index contributed by atoms with van der Waals surface area (Å²) in [5.41, 5.74) is 14.8. The first-order valence-electron chi connectivity index (χ1n) is 13.0. The molecule has 178 valence electrons. The number of hydrogen-bond acceptors (Lipinski definition) is 1. The van der Waals surface area contributed by atoms with Gasteiger partial charge in [0.25, 0.3) is 0 Å². The van der Waals surface area contributed by atoms with Crippen molar-refractivity contribution in [2.24, 2.45) is 0 Å². The van der Waals surface area contributed by atoms with Crippen molar-refractivity contribution in [3.63, 3.8) is 0 Å². The van der Waals surface area contributed by atoms with E-state index in [0.29, 0.717) is 0 Å². The molecule has 2 aliphatic carbocycles. The summed E-state index contributed by atoms with van der Waals surface area (Å²) in [5.74, 6) is 0. The average Bonchev–Trinajstić information content (AvgIpc) is 3.53. The Bertz CT molecular complexity index is 1330. The molecule has 0 bridgehead atoms. The average molecular weight is 468 g/mol. The van der Waals surface area contributed by atoms with E-state index in [-0.39, 0.29) is 0 Å².